The maximum absolute atomic E-state index is 12.3. The molecule has 1 aliphatic rings. The summed E-state index contributed by atoms with van der Waals surface area (Å²) in [5.41, 5.74) is 0.455. The van der Waals surface area contributed by atoms with E-state index in [1.54, 1.807) is 0 Å². The molecule has 1 aliphatic heterocycles. The first-order valence-electron chi connectivity index (χ1n) is 14.9. The normalized spacial score (nSPS) is 16.3. The van der Waals surface area contributed by atoms with Crippen molar-refractivity contribution in [3.8, 4) is 0 Å². The molecule has 1 unspecified atom stereocenters. The number of hydrogen-bond donors (Lipinski definition) is 3. The van der Waals surface area contributed by atoms with Gasteiger partial charge in [-0.25, -0.2) is 9.79 Å². The highest BCUT2D eigenvalue weighted by Gasteiger charge is 2.35. The number of nitrogens with one attached hydrogen (secondary N) is 3. The number of carbonyl (C=O) groups excluding carboxylic acids is 1. The van der Waals surface area contributed by atoms with Crippen molar-refractivity contribution in [2.24, 2.45) is 0 Å². The van der Waals surface area contributed by atoms with Gasteiger partial charge in [-0.05, 0) is 29.2 Å². The minimum Gasteiger partial charge on any atom is -0.440 e. The number of ether oxygens (including phenoxy) is 1. The molecule has 0 saturated heterocycles. The fourth-order valence-electron chi connectivity index (χ4n) is 5.32. The third-order valence-corrected chi connectivity index (χ3v) is 7.49. The van der Waals surface area contributed by atoms with Crippen LogP contribution in [-0.2, 0) is 4.74 Å². The molecule has 0 spiro atoms. The number of rotatable bonds is 18. The molecular weight excluding hydrogens is 458 g/mol. The molecular formula is C32H50N3O2+. The first kappa shape index (κ1) is 29.0. The van der Waals surface area contributed by atoms with Crippen molar-refractivity contribution >= 4 is 29.1 Å². The van der Waals surface area contributed by atoms with Crippen LogP contribution in [0, 0.1) is 0 Å². The van der Waals surface area contributed by atoms with Crippen LogP contribution in [0.15, 0.2) is 30.3 Å². The molecule has 0 fully saturated rings. The van der Waals surface area contributed by atoms with Crippen LogP contribution < -0.4 is 26.2 Å². The monoisotopic (exact) mass is 508 g/mol. The number of amides is 1. The van der Waals surface area contributed by atoms with E-state index in [4.69, 9.17) is 4.74 Å². The van der Waals surface area contributed by atoms with Crippen molar-refractivity contribution in [2.45, 2.75) is 116 Å². The number of alkyl carbamates (subject to hydrolysis) is 1. The lowest BCUT2D eigenvalue weighted by Crippen LogP contribution is -2.94. The molecule has 5 heteroatoms. The number of carbonyl (C=O) groups is 1. The molecule has 204 valence electrons. The topological polar surface area (TPSA) is 64.3 Å². The Morgan fingerprint density at radius 3 is 2.11 bits per heavy atom. The largest absolute Gasteiger partial charge is 0.440 e. The van der Waals surface area contributed by atoms with E-state index in [2.05, 4.69) is 41.3 Å². The third-order valence-electron chi connectivity index (χ3n) is 7.49. The lowest BCUT2D eigenvalue weighted by molar-refractivity contribution is -0.581. The summed E-state index contributed by atoms with van der Waals surface area (Å²) in [5, 5.41) is 10.7. The lowest BCUT2D eigenvalue weighted by atomic mass is 10.0. The first-order chi connectivity index (χ1) is 18.0. The van der Waals surface area contributed by atoms with Gasteiger partial charge < -0.3 is 15.4 Å². The second kappa shape index (κ2) is 15.6. The molecule has 3 rings (SSSR count). The van der Waals surface area contributed by atoms with Crippen LogP contribution in [0.5, 0.6) is 0 Å². The summed E-state index contributed by atoms with van der Waals surface area (Å²) in [6.45, 7) is 9.31. The van der Waals surface area contributed by atoms with E-state index in [-0.39, 0.29) is 12.7 Å². The highest BCUT2D eigenvalue weighted by Crippen LogP contribution is 2.21. The van der Waals surface area contributed by atoms with Crippen LogP contribution in [0.2, 0.25) is 0 Å². The van der Waals surface area contributed by atoms with Crippen LogP contribution in [-0.4, -0.2) is 24.9 Å². The Morgan fingerprint density at radius 2 is 1.49 bits per heavy atom. The van der Waals surface area contributed by atoms with Crippen LogP contribution in [0.3, 0.4) is 0 Å². The maximum atomic E-state index is 12.3. The van der Waals surface area contributed by atoms with Gasteiger partial charge in [0.25, 0.3) is 5.66 Å². The van der Waals surface area contributed by atoms with Crippen molar-refractivity contribution < 1.29 is 14.5 Å². The van der Waals surface area contributed by atoms with Crippen molar-refractivity contribution in [1.29, 1.82) is 0 Å². The van der Waals surface area contributed by atoms with E-state index in [0.29, 0.717) is 6.54 Å². The van der Waals surface area contributed by atoms with Gasteiger partial charge >= 0.3 is 6.09 Å². The summed E-state index contributed by atoms with van der Waals surface area (Å²) in [5.74, 6) is 0. The highest BCUT2D eigenvalue weighted by atomic mass is 16.5. The van der Waals surface area contributed by atoms with E-state index in [1.807, 2.05) is 25.1 Å². The first-order valence-corrected chi connectivity index (χ1v) is 14.9. The second-order valence-electron chi connectivity index (χ2n) is 11.0. The Bertz CT molecular complexity index is 1080. The van der Waals surface area contributed by atoms with E-state index >= 15 is 0 Å². The summed E-state index contributed by atoms with van der Waals surface area (Å²) in [6, 6.07) is 10.2. The lowest BCUT2D eigenvalue weighted by Gasteiger charge is -2.26. The van der Waals surface area contributed by atoms with Crippen molar-refractivity contribution in [3.63, 3.8) is 0 Å². The molecule has 1 atom stereocenters. The van der Waals surface area contributed by atoms with Gasteiger partial charge in [-0.2, -0.15) is 0 Å². The van der Waals surface area contributed by atoms with Crippen LogP contribution in [0.25, 0.3) is 17.4 Å². The Morgan fingerprint density at radius 1 is 0.892 bits per heavy atom. The summed E-state index contributed by atoms with van der Waals surface area (Å²) >= 11 is 0. The van der Waals surface area contributed by atoms with Gasteiger partial charge in [0.2, 0.25) is 5.36 Å². The molecule has 5 nitrogen and oxygen atoms in total. The maximum Gasteiger partial charge on any atom is 0.407 e. The van der Waals surface area contributed by atoms with Gasteiger partial charge in [0, 0.05) is 19.5 Å². The Labute approximate surface area is 224 Å². The molecule has 2 aromatic rings. The van der Waals surface area contributed by atoms with Gasteiger partial charge in [-0.15, -0.1) is 0 Å². The minimum atomic E-state index is -0.573. The zero-order chi connectivity index (χ0) is 26.3. The van der Waals surface area contributed by atoms with Gasteiger partial charge in [0.1, 0.15) is 0 Å². The number of unbranched alkanes of at least 4 members (excludes halogenated alkanes) is 14. The molecule has 0 aromatic heterocycles. The smallest absolute Gasteiger partial charge is 0.407 e. The predicted molar refractivity (Wildman–Crippen MR) is 155 cm³/mol. The van der Waals surface area contributed by atoms with Gasteiger partial charge in [0.15, 0.2) is 6.61 Å². The Balaban J connectivity index is 1.21. The number of benzene rings is 2. The SMILES string of the molecule is C=c1ccc2c3c(cccc13)NC(C)(COC(=O)NCCCCCCCCCCCCCCCCC)[NH+]=2. The van der Waals surface area contributed by atoms with Gasteiger partial charge in [-0.3, -0.25) is 0 Å². The van der Waals surface area contributed by atoms with Crippen molar-refractivity contribution in [2.75, 3.05) is 18.5 Å². The fraction of sp³-hybridized carbons (Fsp3) is 0.625. The third kappa shape index (κ3) is 9.68. The van der Waals surface area contributed by atoms with Gasteiger partial charge in [0.05, 0.1) is 11.1 Å². The summed E-state index contributed by atoms with van der Waals surface area (Å²) in [4.78, 5) is 15.8. The quantitative estimate of drug-likeness (QED) is 0.227. The average Bonchev–Trinajstić information content (AvgIpc) is 2.89. The Kier molecular flexibility index (Phi) is 12.3. The average molecular weight is 509 g/mol. The predicted octanol–water partition coefficient (Wildman–Crippen LogP) is 5.69. The highest BCUT2D eigenvalue weighted by molar-refractivity contribution is 5.94. The van der Waals surface area contributed by atoms with E-state index in [9.17, 15) is 4.79 Å². The Hall–Kier alpha value is -2.56. The van der Waals surface area contributed by atoms with Gasteiger partial charge in [-0.1, -0.05) is 116 Å². The van der Waals surface area contributed by atoms with E-state index in [0.717, 1.165) is 39.9 Å². The van der Waals surface area contributed by atoms with Crippen molar-refractivity contribution in [3.05, 3.63) is 40.9 Å². The van der Waals surface area contributed by atoms with Crippen LogP contribution >= 0.6 is 0 Å². The standard InChI is InChI=1S/C32H49N3O2/c1-4-5-6-7-8-9-10-11-12-13-14-15-16-17-18-24-33-31(36)37-25-32(3)34-28-21-19-20-27-26(2)22-23-29(35-32)30(27)28/h19-23,34H,2,4-18,24-25H2,1,3H3,(H,33,36)/p+1. The molecule has 0 radical (unpaired) electrons. The summed E-state index contributed by atoms with van der Waals surface area (Å²) in [6.07, 6.45) is 19.7. The van der Waals surface area contributed by atoms with E-state index < -0.39 is 5.66 Å². The molecule has 2 aromatic carbocycles. The molecule has 0 bridgehead atoms. The zero-order valence-electron chi connectivity index (χ0n) is 23.4. The van der Waals surface area contributed by atoms with Crippen molar-refractivity contribution in [1.82, 2.24) is 5.32 Å². The fourth-order valence-corrected chi connectivity index (χ4v) is 5.32. The molecule has 3 N–H and O–H groups in total. The zero-order valence-corrected chi connectivity index (χ0v) is 23.4. The number of hydrogen-bond acceptors (Lipinski definition) is 3. The molecule has 0 saturated carbocycles. The summed E-state index contributed by atoms with van der Waals surface area (Å²) in [7, 11) is 0. The summed E-state index contributed by atoms with van der Waals surface area (Å²) < 4.78 is 5.56. The molecule has 1 heterocycles. The molecule has 37 heavy (non-hydrogen) atoms. The second-order valence-corrected chi connectivity index (χ2v) is 11.0. The van der Waals surface area contributed by atoms with E-state index in [1.165, 1.54) is 83.5 Å². The minimum absolute atomic E-state index is 0.222. The van der Waals surface area contributed by atoms with Crippen LogP contribution in [0.4, 0.5) is 10.5 Å². The molecule has 1 amide bonds. The van der Waals surface area contributed by atoms with Crippen LogP contribution in [0.1, 0.15) is 110 Å². The molecule has 0 aliphatic carbocycles. The number of anilines is 1.